The van der Waals surface area contributed by atoms with Crippen LogP contribution in [0.25, 0.3) is 0 Å². The minimum Gasteiger partial charge on any atom is -0.363 e. The first kappa shape index (κ1) is 13.8. The zero-order valence-corrected chi connectivity index (χ0v) is 9.39. The van der Waals surface area contributed by atoms with Crippen molar-refractivity contribution in [3.05, 3.63) is 29.6 Å². The van der Waals surface area contributed by atoms with Crippen LogP contribution in [-0.2, 0) is 6.42 Å². The van der Waals surface area contributed by atoms with Gasteiger partial charge in [0.05, 0.1) is 5.69 Å². The maximum absolute atomic E-state index is 13.5. The van der Waals surface area contributed by atoms with E-state index in [-0.39, 0.29) is 5.69 Å². The van der Waals surface area contributed by atoms with E-state index in [9.17, 15) is 17.6 Å². The molecule has 17 heavy (non-hydrogen) atoms. The molecule has 0 atom stereocenters. The van der Waals surface area contributed by atoms with Crippen LogP contribution < -0.4 is 10.6 Å². The number of halogens is 4. The Hall–Kier alpha value is -1.30. The molecule has 1 aromatic carbocycles. The molecule has 1 aromatic rings. The normalized spacial score (nSPS) is 11.6. The molecule has 0 amide bonds. The van der Waals surface area contributed by atoms with Crippen molar-refractivity contribution in [3.8, 4) is 0 Å². The number of nitrogens with two attached hydrogens (primary N) is 1. The Morgan fingerprint density at radius 2 is 1.94 bits per heavy atom. The zero-order chi connectivity index (χ0) is 13.1. The third-order valence-electron chi connectivity index (χ3n) is 2.27. The second kappa shape index (κ2) is 5.35. The maximum Gasteiger partial charge on any atom is 0.405 e. The number of hydrogen-bond acceptors (Lipinski definition) is 2. The number of anilines is 1. The van der Waals surface area contributed by atoms with Crippen molar-refractivity contribution in [3.63, 3.8) is 0 Å². The highest BCUT2D eigenvalue weighted by Crippen LogP contribution is 2.24. The predicted octanol–water partition coefficient (Wildman–Crippen LogP) is 2.33. The van der Waals surface area contributed by atoms with Gasteiger partial charge >= 0.3 is 6.18 Å². The van der Waals surface area contributed by atoms with E-state index in [0.29, 0.717) is 18.5 Å². The lowest BCUT2D eigenvalue weighted by molar-refractivity contribution is -0.119. The second-order valence-electron chi connectivity index (χ2n) is 3.80. The molecule has 6 heteroatoms. The third-order valence-corrected chi connectivity index (χ3v) is 2.27. The largest absolute Gasteiger partial charge is 0.405 e. The first-order chi connectivity index (χ1) is 7.83. The highest BCUT2D eigenvalue weighted by Gasteiger charge is 2.30. The van der Waals surface area contributed by atoms with Crippen LogP contribution in [0.15, 0.2) is 18.2 Å². The van der Waals surface area contributed by atoms with Gasteiger partial charge in [0.25, 0.3) is 0 Å². The van der Waals surface area contributed by atoms with E-state index >= 15 is 0 Å². The molecule has 0 aliphatic carbocycles. The molecule has 0 radical (unpaired) electrons. The van der Waals surface area contributed by atoms with Crippen LogP contribution in [0.5, 0.6) is 0 Å². The van der Waals surface area contributed by atoms with Gasteiger partial charge in [-0.1, -0.05) is 6.07 Å². The van der Waals surface area contributed by atoms with Gasteiger partial charge in [-0.15, -0.1) is 0 Å². The molecular formula is C11H14F4N2. The summed E-state index contributed by atoms with van der Waals surface area (Å²) in [5.74, 6) is -0.664. The molecule has 0 saturated carbocycles. The number of nitrogens with zero attached hydrogens (tertiary/aromatic N) is 1. The van der Waals surface area contributed by atoms with Gasteiger partial charge in [0, 0.05) is 7.05 Å². The fourth-order valence-electron chi connectivity index (χ4n) is 1.54. The molecule has 0 aromatic heterocycles. The highest BCUT2D eigenvalue weighted by atomic mass is 19.4. The summed E-state index contributed by atoms with van der Waals surface area (Å²) in [5.41, 5.74) is 5.92. The van der Waals surface area contributed by atoms with Gasteiger partial charge < -0.3 is 10.6 Å². The zero-order valence-electron chi connectivity index (χ0n) is 9.39. The van der Waals surface area contributed by atoms with E-state index in [1.165, 1.54) is 19.2 Å². The van der Waals surface area contributed by atoms with E-state index in [1.54, 1.807) is 6.07 Å². The second-order valence-corrected chi connectivity index (χ2v) is 3.80. The molecule has 0 bridgehead atoms. The van der Waals surface area contributed by atoms with Gasteiger partial charge in [0.2, 0.25) is 0 Å². The van der Waals surface area contributed by atoms with Crippen LogP contribution in [0.3, 0.4) is 0 Å². The van der Waals surface area contributed by atoms with Crippen LogP contribution in [0.1, 0.15) is 5.56 Å². The lowest BCUT2D eigenvalue weighted by Crippen LogP contribution is -2.31. The summed E-state index contributed by atoms with van der Waals surface area (Å²) >= 11 is 0. The standard InChI is InChI=1S/C11H14F4N2/c1-17(7-11(13,14)15)10-3-2-8(4-5-16)6-9(10)12/h2-3,6H,4-5,7,16H2,1H3. The third kappa shape index (κ3) is 4.22. The molecule has 0 fully saturated rings. The Balaban J connectivity index is 2.84. The van der Waals surface area contributed by atoms with Gasteiger partial charge in [0.15, 0.2) is 0 Å². The van der Waals surface area contributed by atoms with Crippen LogP contribution in [0.2, 0.25) is 0 Å². The summed E-state index contributed by atoms with van der Waals surface area (Å²) < 4.78 is 50.0. The summed E-state index contributed by atoms with van der Waals surface area (Å²) in [5, 5.41) is 0. The van der Waals surface area contributed by atoms with Gasteiger partial charge in [-0.05, 0) is 30.7 Å². The Morgan fingerprint density at radius 3 is 2.41 bits per heavy atom. The Bertz CT molecular complexity index is 376. The number of hydrogen-bond donors (Lipinski definition) is 1. The highest BCUT2D eigenvalue weighted by molar-refractivity contribution is 5.48. The quantitative estimate of drug-likeness (QED) is 0.831. The number of rotatable bonds is 4. The van der Waals surface area contributed by atoms with Crippen LogP contribution in [0, 0.1) is 5.82 Å². The van der Waals surface area contributed by atoms with E-state index in [0.717, 1.165) is 4.90 Å². The molecule has 0 unspecified atom stereocenters. The van der Waals surface area contributed by atoms with E-state index in [4.69, 9.17) is 5.73 Å². The first-order valence-electron chi connectivity index (χ1n) is 5.10. The molecule has 1 rings (SSSR count). The minimum atomic E-state index is -4.35. The lowest BCUT2D eigenvalue weighted by atomic mass is 10.1. The smallest absolute Gasteiger partial charge is 0.363 e. The minimum absolute atomic E-state index is 0.0666. The van der Waals surface area contributed by atoms with Crippen molar-refractivity contribution in [2.45, 2.75) is 12.6 Å². The Labute approximate surface area is 97.0 Å². The van der Waals surface area contributed by atoms with E-state index in [1.807, 2.05) is 0 Å². The maximum atomic E-state index is 13.5. The van der Waals surface area contributed by atoms with Crippen LogP contribution in [-0.4, -0.2) is 26.3 Å². The molecule has 0 heterocycles. The van der Waals surface area contributed by atoms with E-state index < -0.39 is 18.5 Å². The van der Waals surface area contributed by atoms with E-state index in [2.05, 4.69) is 0 Å². The molecule has 96 valence electrons. The molecule has 2 N–H and O–H groups in total. The fraction of sp³-hybridized carbons (Fsp3) is 0.455. The summed E-state index contributed by atoms with van der Waals surface area (Å²) in [7, 11) is 1.20. The van der Waals surface area contributed by atoms with Crippen molar-refractivity contribution in [2.75, 3.05) is 25.0 Å². The summed E-state index contributed by atoms with van der Waals surface area (Å²) in [6.07, 6.45) is -3.85. The SMILES string of the molecule is CN(CC(F)(F)F)c1ccc(CCN)cc1F. The van der Waals surface area contributed by atoms with Gasteiger partial charge in [-0.25, -0.2) is 4.39 Å². The average molecular weight is 250 g/mol. The topological polar surface area (TPSA) is 29.3 Å². The number of alkyl halides is 3. The molecule has 0 aliphatic rings. The van der Waals surface area contributed by atoms with Gasteiger partial charge in [-0.3, -0.25) is 0 Å². The summed E-state index contributed by atoms with van der Waals surface area (Å²) in [4.78, 5) is 0.835. The van der Waals surface area contributed by atoms with Gasteiger partial charge in [0.1, 0.15) is 12.4 Å². The van der Waals surface area contributed by atoms with Crippen molar-refractivity contribution in [2.24, 2.45) is 5.73 Å². The van der Waals surface area contributed by atoms with Crippen LogP contribution in [0.4, 0.5) is 23.2 Å². The summed E-state index contributed by atoms with van der Waals surface area (Å²) in [6, 6.07) is 4.14. The average Bonchev–Trinajstić information content (AvgIpc) is 2.15. The number of benzene rings is 1. The van der Waals surface area contributed by atoms with Crippen molar-refractivity contribution < 1.29 is 17.6 Å². The molecule has 0 aliphatic heterocycles. The Morgan fingerprint density at radius 1 is 1.29 bits per heavy atom. The monoisotopic (exact) mass is 250 g/mol. The molecular weight excluding hydrogens is 236 g/mol. The van der Waals surface area contributed by atoms with Gasteiger partial charge in [-0.2, -0.15) is 13.2 Å². The summed E-state index contributed by atoms with van der Waals surface area (Å²) in [6.45, 7) is -0.808. The van der Waals surface area contributed by atoms with Crippen molar-refractivity contribution in [1.29, 1.82) is 0 Å². The van der Waals surface area contributed by atoms with Crippen molar-refractivity contribution in [1.82, 2.24) is 0 Å². The molecule has 0 saturated heterocycles. The van der Waals surface area contributed by atoms with Crippen LogP contribution >= 0.6 is 0 Å². The first-order valence-corrected chi connectivity index (χ1v) is 5.10. The predicted molar refractivity (Wildman–Crippen MR) is 58.5 cm³/mol. The molecule has 2 nitrogen and oxygen atoms in total. The van der Waals surface area contributed by atoms with Crippen molar-refractivity contribution >= 4 is 5.69 Å². The fourth-order valence-corrected chi connectivity index (χ4v) is 1.54. The Kier molecular flexibility index (Phi) is 4.34. The lowest BCUT2D eigenvalue weighted by Gasteiger charge is -2.21. The molecule has 0 spiro atoms.